The average Bonchev–Trinajstić information content (AvgIpc) is 2.75. The van der Waals surface area contributed by atoms with Crippen LogP contribution >= 0.6 is 0 Å². The third kappa shape index (κ3) is 2.79. The zero-order chi connectivity index (χ0) is 11.2. The Labute approximate surface area is 93.9 Å². The smallest absolute Gasteiger partial charge is 0.321 e. The van der Waals surface area contributed by atoms with Crippen molar-refractivity contribution < 1.29 is 4.52 Å². The van der Waals surface area contributed by atoms with Crippen LogP contribution in [0.5, 0.6) is 0 Å². The molecule has 84 valence electrons. The normalized spacial score (nSPS) is 10.3. The van der Waals surface area contributed by atoms with Crippen LogP contribution in [0.2, 0.25) is 0 Å². The predicted molar refractivity (Wildman–Crippen MR) is 60.1 cm³/mol. The van der Waals surface area contributed by atoms with Crippen LogP contribution in [0.3, 0.4) is 0 Å². The molecule has 1 N–H and O–H groups in total. The fraction of sp³-hybridized carbons (Fsp3) is 0.364. The fourth-order valence-corrected chi connectivity index (χ4v) is 1.31. The van der Waals surface area contributed by atoms with Gasteiger partial charge in [0.15, 0.2) is 5.82 Å². The number of rotatable bonds is 5. The third-order valence-electron chi connectivity index (χ3n) is 2.08. The van der Waals surface area contributed by atoms with Crippen molar-refractivity contribution in [2.24, 2.45) is 0 Å². The number of aromatic nitrogens is 3. The van der Waals surface area contributed by atoms with Gasteiger partial charge in [-0.2, -0.15) is 4.98 Å². The number of nitrogens with zero attached hydrogens (tertiary/aromatic N) is 3. The van der Waals surface area contributed by atoms with Gasteiger partial charge in [-0.1, -0.05) is 18.1 Å². The van der Waals surface area contributed by atoms with Crippen LogP contribution in [-0.4, -0.2) is 21.7 Å². The van der Waals surface area contributed by atoms with Gasteiger partial charge in [0, 0.05) is 25.4 Å². The van der Waals surface area contributed by atoms with Crippen LogP contribution in [0.25, 0.3) is 0 Å². The van der Waals surface area contributed by atoms with Crippen molar-refractivity contribution in [2.45, 2.75) is 19.8 Å². The van der Waals surface area contributed by atoms with Gasteiger partial charge in [-0.15, -0.1) is 0 Å². The molecule has 5 nitrogen and oxygen atoms in total. The molecule has 0 aliphatic carbocycles. The van der Waals surface area contributed by atoms with E-state index in [2.05, 4.69) is 27.4 Å². The molecular formula is C11H14N4O. The summed E-state index contributed by atoms with van der Waals surface area (Å²) in [7, 11) is 0. The largest absolute Gasteiger partial charge is 0.338 e. The Balaban J connectivity index is 1.97. The molecule has 5 heteroatoms. The van der Waals surface area contributed by atoms with Crippen LogP contribution < -0.4 is 5.32 Å². The zero-order valence-corrected chi connectivity index (χ0v) is 9.18. The molecule has 2 aromatic heterocycles. The zero-order valence-electron chi connectivity index (χ0n) is 9.18. The first-order valence-corrected chi connectivity index (χ1v) is 5.34. The minimum atomic E-state index is 0.487. The van der Waals surface area contributed by atoms with Crippen molar-refractivity contribution in [3.63, 3.8) is 0 Å². The van der Waals surface area contributed by atoms with Gasteiger partial charge in [0.2, 0.25) is 0 Å². The molecule has 0 amide bonds. The maximum Gasteiger partial charge on any atom is 0.321 e. The van der Waals surface area contributed by atoms with Crippen molar-refractivity contribution in [3.05, 3.63) is 35.9 Å². The fourth-order valence-electron chi connectivity index (χ4n) is 1.31. The van der Waals surface area contributed by atoms with Crippen molar-refractivity contribution in [3.8, 4) is 0 Å². The predicted octanol–water partition coefficient (Wildman–Crippen LogP) is 1.88. The second-order valence-corrected chi connectivity index (χ2v) is 3.48. The quantitative estimate of drug-likeness (QED) is 0.830. The second-order valence-electron chi connectivity index (χ2n) is 3.48. The van der Waals surface area contributed by atoms with Crippen LogP contribution in [0.15, 0.2) is 29.0 Å². The third-order valence-corrected chi connectivity index (χ3v) is 2.08. The molecule has 0 radical (unpaired) electrons. The summed E-state index contributed by atoms with van der Waals surface area (Å²) in [4.78, 5) is 8.26. The lowest BCUT2D eigenvalue weighted by Crippen LogP contribution is -1.99. The van der Waals surface area contributed by atoms with E-state index in [4.69, 9.17) is 4.52 Å². The van der Waals surface area contributed by atoms with E-state index in [9.17, 15) is 0 Å². The molecule has 0 fully saturated rings. The Morgan fingerprint density at radius 2 is 2.38 bits per heavy atom. The van der Waals surface area contributed by atoms with Gasteiger partial charge < -0.3 is 9.84 Å². The molecule has 0 unspecified atom stereocenters. The van der Waals surface area contributed by atoms with Crippen LogP contribution in [0.1, 0.15) is 24.7 Å². The highest BCUT2D eigenvalue weighted by Crippen LogP contribution is 2.08. The van der Waals surface area contributed by atoms with Crippen molar-refractivity contribution in [1.82, 2.24) is 15.1 Å². The van der Waals surface area contributed by atoms with Crippen LogP contribution in [0.4, 0.5) is 6.01 Å². The van der Waals surface area contributed by atoms with E-state index < -0.39 is 0 Å². The van der Waals surface area contributed by atoms with Gasteiger partial charge in [-0.3, -0.25) is 4.98 Å². The van der Waals surface area contributed by atoms with E-state index in [-0.39, 0.29) is 0 Å². The molecule has 0 aliphatic heterocycles. The number of hydrogen-bond donors (Lipinski definition) is 1. The van der Waals surface area contributed by atoms with Gasteiger partial charge in [0.05, 0.1) is 0 Å². The molecule has 2 heterocycles. The highest BCUT2D eigenvalue weighted by Gasteiger charge is 2.05. The summed E-state index contributed by atoms with van der Waals surface area (Å²) in [6.45, 7) is 2.93. The monoisotopic (exact) mass is 218 g/mol. The van der Waals surface area contributed by atoms with Gasteiger partial charge in [0.1, 0.15) is 0 Å². The van der Waals surface area contributed by atoms with E-state index in [0.29, 0.717) is 18.3 Å². The molecule has 0 aromatic carbocycles. The average molecular weight is 218 g/mol. The Morgan fingerprint density at radius 1 is 1.44 bits per heavy atom. The molecule has 0 saturated heterocycles. The van der Waals surface area contributed by atoms with E-state index in [0.717, 1.165) is 18.5 Å². The van der Waals surface area contributed by atoms with Gasteiger partial charge in [-0.05, 0) is 18.1 Å². The van der Waals surface area contributed by atoms with Gasteiger partial charge in [-0.25, -0.2) is 0 Å². The van der Waals surface area contributed by atoms with Crippen LogP contribution in [-0.2, 0) is 6.42 Å². The summed E-state index contributed by atoms with van der Waals surface area (Å²) in [5.41, 5.74) is 1.07. The Kier molecular flexibility index (Phi) is 3.48. The highest BCUT2D eigenvalue weighted by atomic mass is 16.5. The summed E-state index contributed by atoms with van der Waals surface area (Å²) in [5, 5.41) is 6.93. The van der Waals surface area contributed by atoms with Crippen molar-refractivity contribution >= 4 is 6.01 Å². The molecule has 0 aliphatic rings. The topological polar surface area (TPSA) is 63.8 Å². The summed E-state index contributed by atoms with van der Waals surface area (Å²) in [6.07, 6.45) is 5.22. The summed E-state index contributed by atoms with van der Waals surface area (Å²) in [6, 6.07) is 4.37. The first-order valence-electron chi connectivity index (χ1n) is 5.34. The lowest BCUT2D eigenvalue weighted by Gasteiger charge is -1.95. The van der Waals surface area contributed by atoms with E-state index in [1.165, 1.54) is 0 Å². The number of hydrogen-bond acceptors (Lipinski definition) is 5. The molecule has 2 rings (SSSR count). The lowest BCUT2D eigenvalue weighted by atomic mass is 10.2. The molecule has 0 spiro atoms. The Bertz CT molecular complexity index is 427. The standard InChI is InChI=1S/C11H14N4O/c1-2-5-13-11-14-10(15-16-11)7-9-4-3-6-12-8-9/h3-4,6,8H,2,5,7H2,1H3,(H,13,14,15). The summed E-state index contributed by atoms with van der Waals surface area (Å²) >= 11 is 0. The first kappa shape index (κ1) is 10.6. The summed E-state index contributed by atoms with van der Waals surface area (Å²) < 4.78 is 5.05. The number of anilines is 1. The molecular weight excluding hydrogens is 204 g/mol. The maximum atomic E-state index is 5.05. The van der Waals surface area contributed by atoms with Crippen molar-refractivity contribution in [1.29, 1.82) is 0 Å². The molecule has 2 aromatic rings. The van der Waals surface area contributed by atoms with Crippen LogP contribution in [0, 0.1) is 0 Å². The Hall–Kier alpha value is -1.91. The number of nitrogens with one attached hydrogen (secondary N) is 1. The molecule has 0 atom stereocenters. The van der Waals surface area contributed by atoms with Gasteiger partial charge >= 0.3 is 6.01 Å². The molecule has 0 saturated carbocycles. The maximum absolute atomic E-state index is 5.05. The van der Waals surface area contributed by atoms with E-state index in [1.54, 1.807) is 12.4 Å². The summed E-state index contributed by atoms with van der Waals surface area (Å²) in [5.74, 6) is 0.673. The SMILES string of the molecule is CCCNc1nc(Cc2cccnc2)no1. The molecule has 0 bridgehead atoms. The first-order chi connectivity index (χ1) is 7.88. The van der Waals surface area contributed by atoms with Crippen molar-refractivity contribution in [2.75, 3.05) is 11.9 Å². The minimum absolute atomic E-state index is 0.487. The second kappa shape index (κ2) is 5.25. The van der Waals surface area contributed by atoms with E-state index >= 15 is 0 Å². The minimum Gasteiger partial charge on any atom is -0.338 e. The highest BCUT2D eigenvalue weighted by molar-refractivity contribution is 5.20. The molecule has 16 heavy (non-hydrogen) atoms. The van der Waals surface area contributed by atoms with E-state index in [1.807, 2.05) is 12.1 Å². The Morgan fingerprint density at radius 3 is 3.12 bits per heavy atom. The number of pyridine rings is 1. The van der Waals surface area contributed by atoms with Gasteiger partial charge in [0.25, 0.3) is 0 Å². The lowest BCUT2D eigenvalue weighted by molar-refractivity contribution is 0.423.